The Bertz CT molecular complexity index is 182. The van der Waals surface area contributed by atoms with Crippen molar-refractivity contribution < 1.29 is 4.79 Å². The first-order valence-corrected chi connectivity index (χ1v) is 5.45. The quantitative estimate of drug-likeness (QED) is 0.700. The monoisotopic (exact) mass is 203 g/mol. The highest BCUT2D eigenvalue weighted by atomic mass is 35.5. The van der Waals surface area contributed by atoms with Crippen molar-refractivity contribution in [1.29, 1.82) is 0 Å². The second-order valence-corrected chi connectivity index (χ2v) is 4.79. The van der Waals surface area contributed by atoms with Crippen molar-refractivity contribution in [2.75, 3.05) is 6.54 Å². The zero-order valence-corrected chi connectivity index (χ0v) is 9.10. The minimum Gasteiger partial charge on any atom is -0.356 e. The Morgan fingerprint density at radius 3 is 2.69 bits per heavy atom. The second kappa shape index (κ2) is 4.85. The summed E-state index contributed by atoms with van der Waals surface area (Å²) in [5.74, 6) is 0.844. The molecule has 0 aromatic rings. The summed E-state index contributed by atoms with van der Waals surface area (Å²) < 4.78 is 0. The van der Waals surface area contributed by atoms with E-state index in [1.54, 1.807) is 0 Å². The molecule has 1 saturated carbocycles. The summed E-state index contributed by atoms with van der Waals surface area (Å²) >= 11 is 5.97. The molecule has 76 valence electrons. The molecular weight excluding hydrogens is 186 g/mol. The van der Waals surface area contributed by atoms with E-state index >= 15 is 0 Å². The second-order valence-electron chi connectivity index (χ2n) is 4.18. The van der Waals surface area contributed by atoms with Gasteiger partial charge in [0.05, 0.1) is 0 Å². The number of rotatable bonds is 3. The molecule has 1 fully saturated rings. The molecular formula is C10H18ClNO. The van der Waals surface area contributed by atoms with E-state index in [1.807, 2.05) is 13.8 Å². The van der Waals surface area contributed by atoms with Crippen molar-refractivity contribution in [3.63, 3.8) is 0 Å². The van der Waals surface area contributed by atoms with E-state index < -0.39 is 0 Å². The van der Waals surface area contributed by atoms with E-state index in [1.165, 1.54) is 0 Å². The number of nitrogens with one attached hydrogen (secondary N) is 1. The largest absolute Gasteiger partial charge is 0.356 e. The van der Waals surface area contributed by atoms with Gasteiger partial charge in [0.1, 0.15) is 0 Å². The number of alkyl halides is 1. The lowest BCUT2D eigenvalue weighted by atomic mass is 10.1. The van der Waals surface area contributed by atoms with Gasteiger partial charge in [-0.15, -0.1) is 11.6 Å². The average molecular weight is 204 g/mol. The molecule has 0 aromatic carbocycles. The van der Waals surface area contributed by atoms with E-state index in [9.17, 15) is 4.79 Å². The Labute approximate surface area is 85.0 Å². The fraction of sp³-hybridized carbons (Fsp3) is 0.900. The first kappa shape index (κ1) is 10.8. The summed E-state index contributed by atoms with van der Waals surface area (Å²) in [7, 11) is 0. The minimum atomic E-state index is 0.0909. The Hall–Kier alpha value is -0.240. The predicted molar refractivity (Wildman–Crippen MR) is 54.8 cm³/mol. The van der Waals surface area contributed by atoms with Crippen LogP contribution in [0, 0.1) is 11.8 Å². The Morgan fingerprint density at radius 2 is 2.23 bits per heavy atom. The van der Waals surface area contributed by atoms with Crippen LogP contribution in [-0.2, 0) is 4.79 Å². The maximum Gasteiger partial charge on any atom is 0.222 e. The van der Waals surface area contributed by atoms with Crippen LogP contribution in [0.25, 0.3) is 0 Å². The SMILES string of the molecule is CC(C)C(=O)NCC1CCC(Cl)C1. The van der Waals surface area contributed by atoms with Gasteiger partial charge in [-0.25, -0.2) is 0 Å². The van der Waals surface area contributed by atoms with Crippen molar-refractivity contribution in [2.45, 2.75) is 38.5 Å². The average Bonchev–Trinajstić information content (AvgIpc) is 2.47. The van der Waals surface area contributed by atoms with Crippen LogP contribution in [0.5, 0.6) is 0 Å². The molecule has 3 heteroatoms. The van der Waals surface area contributed by atoms with Gasteiger partial charge in [-0.1, -0.05) is 13.8 Å². The van der Waals surface area contributed by atoms with Crippen LogP contribution in [0.4, 0.5) is 0 Å². The van der Waals surface area contributed by atoms with E-state index in [0.29, 0.717) is 11.3 Å². The molecule has 0 saturated heterocycles. The normalized spacial score (nSPS) is 28.0. The van der Waals surface area contributed by atoms with Crippen molar-refractivity contribution in [1.82, 2.24) is 5.32 Å². The number of amides is 1. The summed E-state index contributed by atoms with van der Waals surface area (Å²) in [6.45, 7) is 4.63. The highest BCUT2D eigenvalue weighted by Crippen LogP contribution is 2.28. The third-order valence-electron chi connectivity index (χ3n) is 2.57. The number of carbonyl (C=O) groups excluding carboxylic acids is 1. The highest BCUT2D eigenvalue weighted by molar-refractivity contribution is 6.20. The van der Waals surface area contributed by atoms with E-state index in [0.717, 1.165) is 25.8 Å². The molecule has 1 rings (SSSR count). The Kier molecular flexibility index (Phi) is 4.04. The molecule has 0 bridgehead atoms. The molecule has 2 unspecified atom stereocenters. The molecule has 13 heavy (non-hydrogen) atoms. The lowest BCUT2D eigenvalue weighted by Crippen LogP contribution is -2.31. The molecule has 1 amide bonds. The molecule has 0 heterocycles. The predicted octanol–water partition coefficient (Wildman–Crippen LogP) is 2.17. The molecule has 1 aliphatic carbocycles. The third kappa shape index (κ3) is 3.55. The molecule has 2 nitrogen and oxygen atoms in total. The van der Waals surface area contributed by atoms with Gasteiger partial charge in [0.15, 0.2) is 0 Å². The Balaban J connectivity index is 2.16. The molecule has 0 spiro atoms. The first-order valence-electron chi connectivity index (χ1n) is 5.01. The molecule has 0 aliphatic heterocycles. The fourth-order valence-electron chi connectivity index (χ4n) is 1.65. The highest BCUT2D eigenvalue weighted by Gasteiger charge is 2.23. The maximum absolute atomic E-state index is 11.2. The topological polar surface area (TPSA) is 29.1 Å². The molecule has 0 radical (unpaired) electrons. The van der Waals surface area contributed by atoms with Gasteiger partial charge in [-0.05, 0) is 25.2 Å². The summed E-state index contributed by atoms with van der Waals surface area (Å²) in [6, 6.07) is 0. The molecule has 0 aromatic heterocycles. The zero-order valence-electron chi connectivity index (χ0n) is 8.35. The summed E-state index contributed by atoms with van der Waals surface area (Å²) in [5.41, 5.74) is 0. The van der Waals surface area contributed by atoms with Crippen LogP contribution in [0.3, 0.4) is 0 Å². The van der Waals surface area contributed by atoms with E-state index in [-0.39, 0.29) is 11.8 Å². The Morgan fingerprint density at radius 1 is 1.54 bits per heavy atom. The number of hydrogen-bond donors (Lipinski definition) is 1. The van der Waals surface area contributed by atoms with Crippen LogP contribution in [0.15, 0.2) is 0 Å². The molecule has 1 aliphatic rings. The van der Waals surface area contributed by atoms with Crippen LogP contribution in [-0.4, -0.2) is 17.8 Å². The number of halogens is 1. The number of hydrogen-bond acceptors (Lipinski definition) is 1. The van der Waals surface area contributed by atoms with Gasteiger partial charge in [-0.3, -0.25) is 4.79 Å². The van der Waals surface area contributed by atoms with Crippen molar-refractivity contribution in [3.8, 4) is 0 Å². The molecule has 2 atom stereocenters. The van der Waals surface area contributed by atoms with Crippen molar-refractivity contribution >= 4 is 17.5 Å². The van der Waals surface area contributed by atoms with Crippen molar-refractivity contribution in [2.24, 2.45) is 11.8 Å². The van der Waals surface area contributed by atoms with Gasteiger partial charge in [-0.2, -0.15) is 0 Å². The minimum absolute atomic E-state index is 0.0909. The summed E-state index contributed by atoms with van der Waals surface area (Å²) in [6.07, 6.45) is 3.32. The smallest absolute Gasteiger partial charge is 0.222 e. The van der Waals surface area contributed by atoms with Gasteiger partial charge in [0.25, 0.3) is 0 Å². The van der Waals surface area contributed by atoms with E-state index in [4.69, 9.17) is 11.6 Å². The van der Waals surface area contributed by atoms with Crippen molar-refractivity contribution in [3.05, 3.63) is 0 Å². The zero-order chi connectivity index (χ0) is 9.84. The lowest BCUT2D eigenvalue weighted by molar-refractivity contribution is -0.124. The van der Waals surface area contributed by atoms with Crippen LogP contribution >= 0.6 is 11.6 Å². The van der Waals surface area contributed by atoms with E-state index in [2.05, 4.69) is 5.32 Å². The maximum atomic E-state index is 11.2. The van der Waals surface area contributed by atoms with Gasteiger partial charge >= 0.3 is 0 Å². The van der Waals surface area contributed by atoms with Crippen LogP contribution in [0.2, 0.25) is 0 Å². The summed E-state index contributed by atoms with van der Waals surface area (Å²) in [5, 5.41) is 3.28. The lowest BCUT2D eigenvalue weighted by Gasteiger charge is -2.12. The third-order valence-corrected chi connectivity index (χ3v) is 2.96. The number of carbonyl (C=O) groups is 1. The first-order chi connectivity index (χ1) is 6.09. The standard InChI is InChI=1S/C10H18ClNO/c1-7(2)10(13)12-6-8-3-4-9(11)5-8/h7-9H,3-6H2,1-2H3,(H,12,13). The fourth-order valence-corrected chi connectivity index (χ4v) is 2.03. The van der Waals surface area contributed by atoms with Gasteiger partial charge < -0.3 is 5.32 Å². The van der Waals surface area contributed by atoms with Gasteiger partial charge in [0, 0.05) is 17.8 Å². The van der Waals surface area contributed by atoms with Crippen LogP contribution < -0.4 is 5.32 Å². The summed E-state index contributed by atoms with van der Waals surface area (Å²) in [4.78, 5) is 11.2. The molecule has 1 N–H and O–H groups in total. The van der Waals surface area contributed by atoms with Crippen LogP contribution in [0.1, 0.15) is 33.1 Å². The van der Waals surface area contributed by atoms with Gasteiger partial charge in [0.2, 0.25) is 5.91 Å².